The van der Waals surface area contributed by atoms with Crippen LogP contribution in [0.5, 0.6) is 0 Å². The van der Waals surface area contributed by atoms with Gasteiger partial charge >= 0.3 is 0 Å². The van der Waals surface area contributed by atoms with Gasteiger partial charge in [-0.15, -0.1) is 12.4 Å². The highest BCUT2D eigenvalue weighted by molar-refractivity contribution is 6.42. The molecule has 1 atom stereocenters. The van der Waals surface area contributed by atoms with Crippen LogP contribution in [-0.4, -0.2) is 24.1 Å². The molecule has 1 saturated heterocycles. The Kier molecular flexibility index (Phi) is 6.48. The van der Waals surface area contributed by atoms with Crippen molar-refractivity contribution in [2.24, 2.45) is 0 Å². The number of benzene rings is 1. The minimum absolute atomic E-state index is 0. The van der Waals surface area contributed by atoms with Crippen LogP contribution in [0.1, 0.15) is 12.0 Å². The van der Waals surface area contributed by atoms with Crippen molar-refractivity contribution in [2.75, 3.05) is 18.0 Å². The van der Waals surface area contributed by atoms with Crippen LogP contribution in [0.3, 0.4) is 0 Å². The van der Waals surface area contributed by atoms with Crippen molar-refractivity contribution in [2.45, 2.75) is 19.0 Å². The van der Waals surface area contributed by atoms with Crippen LogP contribution in [0, 0.1) is 5.95 Å². The molecule has 1 N–H and O–H groups in total. The lowest BCUT2D eigenvalue weighted by atomic mass is 10.2. The Bertz CT molecular complexity index is 652. The number of hydrogen-bond donors (Lipinski definition) is 1. The summed E-state index contributed by atoms with van der Waals surface area (Å²) in [6, 6.07) is 9.17. The fourth-order valence-electron chi connectivity index (χ4n) is 2.66. The molecule has 0 radical (unpaired) electrons. The molecule has 1 aromatic carbocycles. The molecular weight excluding hydrogens is 360 g/mol. The van der Waals surface area contributed by atoms with Crippen LogP contribution in [0.15, 0.2) is 36.5 Å². The van der Waals surface area contributed by atoms with Gasteiger partial charge < -0.3 is 10.2 Å². The van der Waals surface area contributed by atoms with E-state index in [0.29, 0.717) is 22.6 Å². The molecule has 0 aliphatic carbocycles. The molecule has 0 amide bonds. The third-order valence-corrected chi connectivity index (χ3v) is 4.74. The van der Waals surface area contributed by atoms with E-state index in [4.69, 9.17) is 23.2 Å². The number of rotatable bonds is 4. The zero-order chi connectivity index (χ0) is 15.5. The van der Waals surface area contributed by atoms with Crippen LogP contribution in [0.25, 0.3) is 0 Å². The molecule has 3 nitrogen and oxygen atoms in total. The van der Waals surface area contributed by atoms with E-state index in [1.165, 1.54) is 6.07 Å². The molecule has 2 heterocycles. The van der Waals surface area contributed by atoms with E-state index in [1.54, 1.807) is 18.3 Å². The average Bonchev–Trinajstić information content (AvgIpc) is 2.98. The monoisotopic (exact) mass is 375 g/mol. The molecule has 1 aliphatic rings. The standard InChI is InChI=1S/C16H16Cl2FN3.ClH/c17-14-3-1-2-11(16(14)18)8-20-12-6-7-22(10-12)13-4-5-15(19)21-9-13;/h1-5,9,12,20H,6-8,10H2;1H. The Balaban J connectivity index is 0.00000192. The smallest absolute Gasteiger partial charge is 0.212 e. The second-order valence-corrected chi connectivity index (χ2v) is 6.15. The second-order valence-electron chi connectivity index (χ2n) is 5.36. The van der Waals surface area contributed by atoms with E-state index < -0.39 is 5.95 Å². The molecule has 1 aromatic heterocycles. The van der Waals surface area contributed by atoms with Gasteiger partial charge in [0.25, 0.3) is 0 Å². The van der Waals surface area contributed by atoms with Crippen LogP contribution in [-0.2, 0) is 6.54 Å². The topological polar surface area (TPSA) is 28.2 Å². The molecule has 1 unspecified atom stereocenters. The minimum Gasteiger partial charge on any atom is -0.369 e. The third-order valence-electron chi connectivity index (χ3n) is 3.88. The molecule has 3 rings (SSSR count). The van der Waals surface area contributed by atoms with E-state index in [-0.39, 0.29) is 12.4 Å². The van der Waals surface area contributed by atoms with Crippen LogP contribution in [0.2, 0.25) is 10.0 Å². The van der Waals surface area contributed by atoms with Gasteiger partial charge in [0.1, 0.15) is 0 Å². The van der Waals surface area contributed by atoms with Gasteiger partial charge in [0.05, 0.1) is 21.9 Å². The number of nitrogens with zero attached hydrogens (tertiary/aromatic N) is 2. The van der Waals surface area contributed by atoms with Gasteiger partial charge in [0.15, 0.2) is 0 Å². The number of hydrogen-bond acceptors (Lipinski definition) is 3. The zero-order valence-electron chi connectivity index (χ0n) is 12.3. The number of pyridine rings is 1. The molecule has 2 aromatic rings. The van der Waals surface area contributed by atoms with Crippen molar-refractivity contribution in [3.05, 3.63) is 58.1 Å². The number of nitrogens with one attached hydrogen (secondary N) is 1. The SMILES string of the molecule is Cl.Fc1ccc(N2CCC(NCc3cccc(Cl)c3Cl)C2)cn1. The molecule has 23 heavy (non-hydrogen) atoms. The lowest BCUT2D eigenvalue weighted by Gasteiger charge is -2.19. The van der Waals surface area contributed by atoms with Crippen molar-refractivity contribution in [3.8, 4) is 0 Å². The predicted octanol–water partition coefficient (Wildman–Crippen LogP) is 4.32. The minimum atomic E-state index is -0.451. The molecule has 7 heteroatoms. The van der Waals surface area contributed by atoms with Gasteiger partial charge in [-0.25, -0.2) is 4.98 Å². The summed E-state index contributed by atoms with van der Waals surface area (Å²) in [5, 5.41) is 4.68. The first-order valence-electron chi connectivity index (χ1n) is 7.16. The highest BCUT2D eigenvalue weighted by atomic mass is 35.5. The maximum Gasteiger partial charge on any atom is 0.212 e. The highest BCUT2D eigenvalue weighted by Gasteiger charge is 2.22. The average molecular weight is 377 g/mol. The van der Waals surface area contributed by atoms with Crippen molar-refractivity contribution in [3.63, 3.8) is 0 Å². The Hall–Kier alpha value is -1.07. The fraction of sp³-hybridized carbons (Fsp3) is 0.312. The highest BCUT2D eigenvalue weighted by Crippen LogP contribution is 2.26. The second kappa shape index (κ2) is 8.15. The zero-order valence-corrected chi connectivity index (χ0v) is 14.6. The number of halogens is 4. The largest absolute Gasteiger partial charge is 0.369 e. The third kappa shape index (κ3) is 4.48. The lowest BCUT2D eigenvalue weighted by Crippen LogP contribution is -2.32. The first kappa shape index (κ1) is 18.3. The number of aromatic nitrogens is 1. The first-order valence-corrected chi connectivity index (χ1v) is 7.92. The summed E-state index contributed by atoms with van der Waals surface area (Å²) in [6.45, 7) is 2.47. The van der Waals surface area contributed by atoms with Gasteiger partial charge in [0.2, 0.25) is 5.95 Å². The Morgan fingerprint density at radius 2 is 2.09 bits per heavy atom. The van der Waals surface area contributed by atoms with Gasteiger partial charge in [-0.2, -0.15) is 4.39 Å². The maximum atomic E-state index is 12.9. The molecule has 1 fully saturated rings. The van der Waals surface area contributed by atoms with Crippen LogP contribution in [0.4, 0.5) is 10.1 Å². The van der Waals surface area contributed by atoms with Crippen molar-refractivity contribution < 1.29 is 4.39 Å². The quantitative estimate of drug-likeness (QED) is 0.806. The first-order chi connectivity index (χ1) is 10.6. The number of anilines is 1. The predicted molar refractivity (Wildman–Crippen MR) is 95.4 cm³/mol. The molecule has 1 aliphatic heterocycles. The molecule has 0 spiro atoms. The maximum absolute atomic E-state index is 12.9. The van der Waals surface area contributed by atoms with Crippen molar-refractivity contribution in [1.82, 2.24) is 10.3 Å². The summed E-state index contributed by atoms with van der Waals surface area (Å²) in [4.78, 5) is 5.90. The van der Waals surface area contributed by atoms with E-state index in [9.17, 15) is 4.39 Å². The summed E-state index contributed by atoms with van der Waals surface area (Å²) in [5.41, 5.74) is 1.95. The molecule has 0 bridgehead atoms. The van der Waals surface area contributed by atoms with Gasteiger partial charge in [-0.05, 0) is 30.2 Å². The summed E-state index contributed by atoms with van der Waals surface area (Å²) in [7, 11) is 0. The molecule has 124 valence electrons. The van der Waals surface area contributed by atoms with Crippen LogP contribution < -0.4 is 10.2 Å². The lowest BCUT2D eigenvalue weighted by molar-refractivity contribution is 0.551. The molecular formula is C16H17Cl3FN3. The van der Waals surface area contributed by atoms with E-state index in [1.807, 2.05) is 12.1 Å². The Morgan fingerprint density at radius 3 is 2.83 bits per heavy atom. The van der Waals surface area contributed by atoms with Crippen LogP contribution >= 0.6 is 35.6 Å². The summed E-state index contributed by atoms with van der Waals surface area (Å²) >= 11 is 12.2. The Labute approximate surface area is 151 Å². The summed E-state index contributed by atoms with van der Waals surface area (Å²) in [6.07, 6.45) is 2.60. The Morgan fingerprint density at radius 1 is 1.26 bits per heavy atom. The molecule has 0 saturated carbocycles. The summed E-state index contributed by atoms with van der Waals surface area (Å²) < 4.78 is 12.9. The normalized spacial score (nSPS) is 17.2. The van der Waals surface area contributed by atoms with E-state index in [0.717, 1.165) is 30.8 Å². The van der Waals surface area contributed by atoms with Crippen molar-refractivity contribution in [1.29, 1.82) is 0 Å². The fourth-order valence-corrected chi connectivity index (χ4v) is 3.04. The summed E-state index contributed by atoms with van der Waals surface area (Å²) in [5.74, 6) is -0.451. The van der Waals surface area contributed by atoms with E-state index in [2.05, 4.69) is 15.2 Å². The van der Waals surface area contributed by atoms with Gasteiger partial charge in [0, 0.05) is 25.7 Å². The van der Waals surface area contributed by atoms with Gasteiger partial charge in [-0.3, -0.25) is 0 Å². The van der Waals surface area contributed by atoms with E-state index >= 15 is 0 Å². The van der Waals surface area contributed by atoms with Crippen molar-refractivity contribution >= 4 is 41.3 Å². The van der Waals surface area contributed by atoms with Gasteiger partial charge in [-0.1, -0.05) is 35.3 Å².